The largest absolute Gasteiger partial charge is 0.467 e. The second-order valence-corrected chi connectivity index (χ2v) is 9.09. The van der Waals surface area contributed by atoms with Crippen LogP contribution in [0.15, 0.2) is 91.6 Å². The van der Waals surface area contributed by atoms with Gasteiger partial charge in [-0.3, -0.25) is 14.4 Å². The molecule has 0 aliphatic carbocycles. The molecule has 4 heterocycles. The summed E-state index contributed by atoms with van der Waals surface area (Å²) in [5, 5.41) is 0.285. The van der Waals surface area contributed by atoms with Crippen LogP contribution < -0.4 is 10.3 Å². The van der Waals surface area contributed by atoms with Crippen molar-refractivity contribution in [3.05, 3.63) is 111 Å². The second kappa shape index (κ2) is 7.30. The third-order valence-corrected chi connectivity index (χ3v) is 6.90. The molecule has 6 rings (SSSR count). The van der Waals surface area contributed by atoms with E-state index in [-0.39, 0.29) is 35.4 Å². The number of rotatable bonds is 4. The number of halogens is 1. The molecule has 1 unspecified atom stereocenters. The van der Waals surface area contributed by atoms with Crippen LogP contribution >= 0.6 is 15.9 Å². The Balaban J connectivity index is 1.73. The number of carbonyl (C=O) groups is 2. The van der Waals surface area contributed by atoms with Crippen molar-refractivity contribution < 1.29 is 18.4 Å². The first-order chi connectivity index (χ1) is 16.5. The van der Waals surface area contributed by atoms with Crippen molar-refractivity contribution in [2.75, 3.05) is 11.4 Å². The molecule has 7 nitrogen and oxygen atoms in total. The van der Waals surface area contributed by atoms with Gasteiger partial charge in [0.1, 0.15) is 11.3 Å². The van der Waals surface area contributed by atoms with Gasteiger partial charge in [-0.1, -0.05) is 40.2 Å². The molecule has 0 fully saturated rings. The third-order valence-electron chi connectivity index (χ3n) is 6.40. The highest BCUT2D eigenvalue weighted by molar-refractivity contribution is 9.10. The highest BCUT2D eigenvalue weighted by Crippen LogP contribution is 2.53. The van der Waals surface area contributed by atoms with Crippen LogP contribution in [0.3, 0.4) is 0 Å². The van der Waals surface area contributed by atoms with E-state index in [0.717, 1.165) is 0 Å². The molecule has 2 aromatic carbocycles. The van der Waals surface area contributed by atoms with Crippen LogP contribution in [0, 0.1) is 0 Å². The Bertz CT molecular complexity index is 1570. The number of nitrogens with zero attached hydrogens (tertiary/aromatic N) is 2. The minimum absolute atomic E-state index is 0.0164. The molecule has 0 N–H and O–H groups in total. The fourth-order valence-electron chi connectivity index (χ4n) is 5.05. The molecule has 2 aliphatic heterocycles. The van der Waals surface area contributed by atoms with Gasteiger partial charge in [0.25, 0.3) is 11.8 Å². The van der Waals surface area contributed by atoms with Gasteiger partial charge >= 0.3 is 0 Å². The summed E-state index contributed by atoms with van der Waals surface area (Å²) >= 11 is 3.40. The van der Waals surface area contributed by atoms with E-state index in [1.807, 2.05) is 6.07 Å². The summed E-state index contributed by atoms with van der Waals surface area (Å²) in [5.74, 6) is -0.603. The number of hydrogen-bond acceptors (Lipinski definition) is 5. The average Bonchev–Trinajstić information content (AvgIpc) is 3.50. The van der Waals surface area contributed by atoms with Crippen molar-refractivity contribution >= 4 is 44.4 Å². The molecule has 1 spiro atoms. The lowest BCUT2D eigenvalue weighted by Crippen LogP contribution is -2.53. The monoisotopic (exact) mass is 516 g/mol. The number of amides is 2. The maximum Gasteiger partial charge on any atom is 0.291 e. The molecule has 0 saturated carbocycles. The van der Waals surface area contributed by atoms with Gasteiger partial charge in [-0.25, -0.2) is 0 Å². The lowest BCUT2D eigenvalue weighted by Gasteiger charge is -2.33. The predicted molar refractivity (Wildman–Crippen MR) is 129 cm³/mol. The first-order valence-corrected chi connectivity index (χ1v) is 11.4. The van der Waals surface area contributed by atoms with E-state index in [1.54, 1.807) is 59.5 Å². The Morgan fingerprint density at radius 3 is 2.65 bits per heavy atom. The topological polar surface area (TPSA) is 84.0 Å². The Morgan fingerprint density at radius 1 is 1.06 bits per heavy atom. The maximum absolute atomic E-state index is 14.2. The number of hydrogen-bond donors (Lipinski definition) is 0. The van der Waals surface area contributed by atoms with Crippen LogP contribution in [0.4, 0.5) is 5.69 Å². The molecule has 2 amide bonds. The van der Waals surface area contributed by atoms with Crippen molar-refractivity contribution in [3.8, 4) is 0 Å². The van der Waals surface area contributed by atoms with E-state index in [0.29, 0.717) is 21.5 Å². The molecular formula is C26H17BrN2O5. The van der Waals surface area contributed by atoms with Gasteiger partial charge in [0.2, 0.25) is 5.76 Å². The van der Waals surface area contributed by atoms with Crippen molar-refractivity contribution in [1.82, 2.24) is 4.90 Å². The summed E-state index contributed by atoms with van der Waals surface area (Å²) in [7, 11) is 0. The molecule has 4 aromatic rings. The van der Waals surface area contributed by atoms with Crippen LogP contribution in [-0.2, 0) is 16.9 Å². The van der Waals surface area contributed by atoms with E-state index >= 15 is 0 Å². The van der Waals surface area contributed by atoms with Crippen molar-refractivity contribution in [3.63, 3.8) is 0 Å². The number of carbonyl (C=O) groups excluding carboxylic acids is 2. The first-order valence-electron chi connectivity index (χ1n) is 10.6. The van der Waals surface area contributed by atoms with Crippen molar-refractivity contribution in [2.45, 2.75) is 12.1 Å². The van der Waals surface area contributed by atoms with E-state index in [9.17, 15) is 14.4 Å². The number of para-hydroxylation sites is 1. The Labute approximate surface area is 202 Å². The van der Waals surface area contributed by atoms with Gasteiger partial charge in [-0.2, -0.15) is 0 Å². The predicted octanol–water partition coefficient (Wildman–Crippen LogP) is 4.58. The fraction of sp³-hybridized carbons (Fsp3) is 0.115. The molecule has 1 atom stereocenters. The Hall–Kier alpha value is -3.91. The summed E-state index contributed by atoms with van der Waals surface area (Å²) in [4.78, 5) is 45.0. The summed E-state index contributed by atoms with van der Waals surface area (Å²) in [5.41, 5.74) is -0.643. The van der Waals surface area contributed by atoms with Gasteiger partial charge in [-0.05, 0) is 36.4 Å². The quantitative estimate of drug-likeness (QED) is 0.370. The fourth-order valence-corrected chi connectivity index (χ4v) is 5.41. The summed E-state index contributed by atoms with van der Waals surface area (Å²) in [6.07, 6.45) is 3.11. The zero-order chi connectivity index (χ0) is 23.6. The SMILES string of the molecule is C=CCN1C(=O)C2(c3ccccc31)c1c(oc3ccc(Br)cc3c1=O)C(=O)N2Cc1ccco1. The molecule has 0 saturated heterocycles. The number of fused-ring (bicyclic) bond motifs is 5. The second-order valence-electron chi connectivity index (χ2n) is 8.18. The Morgan fingerprint density at radius 2 is 1.88 bits per heavy atom. The van der Waals surface area contributed by atoms with Gasteiger partial charge in [-0.15, -0.1) is 6.58 Å². The van der Waals surface area contributed by atoms with Gasteiger partial charge in [0.05, 0.1) is 29.4 Å². The van der Waals surface area contributed by atoms with E-state index in [2.05, 4.69) is 22.5 Å². The normalized spacial score (nSPS) is 18.7. The number of anilines is 1. The van der Waals surface area contributed by atoms with E-state index < -0.39 is 22.8 Å². The minimum atomic E-state index is -1.68. The molecule has 34 heavy (non-hydrogen) atoms. The number of furan rings is 1. The highest BCUT2D eigenvalue weighted by Gasteiger charge is 2.65. The smallest absolute Gasteiger partial charge is 0.291 e. The van der Waals surface area contributed by atoms with Crippen LogP contribution in [0.2, 0.25) is 0 Å². The van der Waals surface area contributed by atoms with Crippen molar-refractivity contribution in [2.24, 2.45) is 0 Å². The average molecular weight is 517 g/mol. The molecular weight excluding hydrogens is 500 g/mol. The Kier molecular flexibility index (Phi) is 4.44. The zero-order valence-electron chi connectivity index (χ0n) is 17.8. The van der Waals surface area contributed by atoms with Crippen LogP contribution in [0.1, 0.15) is 27.4 Å². The van der Waals surface area contributed by atoms with Crippen LogP contribution in [0.25, 0.3) is 11.0 Å². The standard InChI is InChI=1S/C26H17BrN2O5/c1-2-11-28-19-8-4-3-7-18(19)26(25(28)32)21-22(30)17-13-15(27)9-10-20(17)34-23(21)24(31)29(26)14-16-6-5-12-33-16/h2-10,12-13H,1,11,14H2. The van der Waals surface area contributed by atoms with E-state index in [4.69, 9.17) is 8.83 Å². The summed E-state index contributed by atoms with van der Waals surface area (Å²) in [6, 6.07) is 15.6. The third kappa shape index (κ3) is 2.54. The van der Waals surface area contributed by atoms with Gasteiger partial charge in [0.15, 0.2) is 11.0 Å². The highest BCUT2D eigenvalue weighted by atomic mass is 79.9. The van der Waals surface area contributed by atoms with Crippen LogP contribution in [0.5, 0.6) is 0 Å². The molecule has 2 aliphatic rings. The van der Waals surface area contributed by atoms with Crippen molar-refractivity contribution in [1.29, 1.82) is 0 Å². The van der Waals surface area contributed by atoms with E-state index in [1.165, 1.54) is 11.2 Å². The number of benzene rings is 2. The summed E-state index contributed by atoms with van der Waals surface area (Å²) < 4.78 is 12.2. The maximum atomic E-state index is 14.2. The lowest BCUT2D eigenvalue weighted by molar-refractivity contribution is -0.126. The molecule has 0 bridgehead atoms. The molecule has 0 radical (unpaired) electrons. The molecule has 2 aromatic heterocycles. The van der Waals surface area contributed by atoms with Gasteiger partial charge in [0, 0.05) is 16.6 Å². The minimum Gasteiger partial charge on any atom is -0.467 e. The molecule has 8 heteroatoms. The lowest BCUT2D eigenvalue weighted by atomic mass is 9.84. The van der Waals surface area contributed by atoms with Gasteiger partial charge < -0.3 is 18.6 Å². The zero-order valence-corrected chi connectivity index (χ0v) is 19.4. The first kappa shape index (κ1) is 20.7. The summed E-state index contributed by atoms with van der Waals surface area (Å²) in [6.45, 7) is 3.98. The molecule has 168 valence electrons. The van der Waals surface area contributed by atoms with Crippen LogP contribution in [-0.4, -0.2) is 23.3 Å².